The standard InChI is InChI=1S/C15H25NO2/c1-10(3-13(17)18)14-5-11-4-12(6-14)8-15(7-11,9-14)16-2/h10-12,16H,3-9H2,1-2H3,(H,17,18). The summed E-state index contributed by atoms with van der Waals surface area (Å²) < 4.78 is 0. The number of carboxylic acids is 1. The SMILES string of the molecule is CNC12CC3CC(C1)CC(C(C)CC(=O)O)(C3)C2. The van der Waals surface area contributed by atoms with Crippen LogP contribution in [-0.4, -0.2) is 23.7 Å². The van der Waals surface area contributed by atoms with E-state index in [1.165, 1.54) is 38.5 Å². The number of hydrogen-bond donors (Lipinski definition) is 2. The Morgan fingerprint density at radius 2 is 1.94 bits per heavy atom. The van der Waals surface area contributed by atoms with Crippen LogP contribution in [0.3, 0.4) is 0 Å². The average Bonchev–Trinajstić information content (AvgIpc) is 2.26. The van der Waals surface area contributed by atoms with Crippen LogP contribution in [-0.2, 0) is 4.79 Å². The molecule has 0 aromatic carbocycles. The van der Waals surface area contributed by atoms with E-state index in [0.29, 0.717) is 23.3 Å². The second kappa shape index (κ2) is 3.96. The van der Waals surface area contributed by atoms with Crippen LogP contribution < -0.4 is 5.32 Å². The number of rotatable bonds is 4. The number of hydrogen-bond acceptors (Lipinski definition) is 2. The van der Waals surface area contributed by atoms with Crippen LogP contribution >= 0.6 is 0 Å². The zero-order chi connectivity index (χ0) is 13.0. The summed E-state index contributed by atoms with van der Waals surface area (Å²) in [4.78, 5) is 11.0. The smallest absolute Gasteiger partial charge is 0.303 e. The Morgan fingerprint density at radius 3 is 2.44 bits per heavy atom. The Hall–Kier alpha value is -0.570. The molecular weight excluding hydrogens is 226 g/mol. The van der Waals surface area contributed by atoms with E-state index in [0.717, 1.165) is 11.8 Å². The third-order valence-electron chi connectivity index (χ3n) is 6.16. The monoisotopic (exact) mass is 251 g/mol. The summed E-state index contributed by atoms with van der Waals surface area (Å²) in [5.74, 6) is 1.38. The lowest BCUT2D eigenvalue weighted by Crippen LogP contribution is -2.62. The predicted octanol–water partition coefficient (Wildman–Crippen LogP) is 2.66. The van der Waals surface area contributed by atoms with Crippen molar-refractivity contribution in [2.75, 3.05) is 7.05 Å². The van der Waals surface area contributed by atoms with Gasteiger partial charge in [0.1, 0.15) is 0 Å². The van der Waals surface area contributed by atoms with Gasteiger partial charge in [-0.05, 0) is 68.7 Å². The van der Waals surface area contributed by atoms with Crippen LogP contribution in [0, 0.1) is 23.2 Å². The minimum absolute atomic E-state index is 0.311. The highest BCUT2D eigenvalue weighted by Crippen LogP contribution is 2.64. The van der Waals surface area contributed by atoms with Crippen LogP contribution in [0.1, 0.15) is 51.9 Å². The molecule has 4 bridgehead atoms. The summed E-state index contributed by atoms with van der Waals surface area (Å²) in [6.07, 6.45) is 8.15. The van der Waals surface area contributed by atoms with Gasteiger partial charge in [0.2, 0.25) is 0 Å². The molecule has 0 radical (unpaired) electrons. The van der Waals surface area contributed by atoms with Gasteiger partial charge in [-0.1, -0.05) is 6.92 Å². The molecule has 4 saturated carbocycles. The molecule has 0 spiro atoms. The Morgan fingerprint density at radius 1 is 1.33 bits per heavy atom. The van der Waals surface area contributed by atoms with E-state index in [1.54, 1.807) is 0 Å². The number of nitrogens with one attached hydrogen (secondary N) is 1. The molecule has 2 N–H and O–H groups in total. The third-order valence-corrected chi connectivity index (χ3v) is 6.16. The van der Waals surface area contributed by atoms with Gasteiger partial charge in [0.05, 0.1) is 0 Å². The lowest BCUT2D eigenvalue weighted by Gasteiger charge is -2.64. The molecule has 0 saturated heterocycles. The first-order valence-electron chi connectivity index (χ1n) is 7.38. The minimum Gasteiger partial charge on any atom is -0.481 e. The van der Waals surface area contributed by atoms with Crippen molar-refractivity contribution in [3.8, 4) is 0 Å². The molecular formula is C15H25NO2. The molecule has 4 aliphatic carbocycles. The first-order valence-corrected chi connectivity index (χ1v) is 7.38. The number of carboxylic acid groups (broad SMARTS) is 1. The molecule has 18 heavy (non-hydrogen) atoms. The van der Waals surface area contributed by atoms with E-state index in [4.69, 9.17) is 5.11 Å². The molecule has 0 heterocycles. The van der Waals surface area contributed by atoms with Gasteiger partial charge in [-0.3, -0.25) is 4.79 Å². The highest BCUT2D eigenvalue weighted by molar-refractivity contribution is 5.67. The maximum atomic E-state index is 11.0. The molecule has 4 aliphatic rings. The van der Waals surface area contributed by atoms with Gasteiger partial charge < -0.3 is 10.4 Å². The van der Waals surface area contributed by atoms with Crippen LogP contribution in [0.4, 0.5) is 0 Å². The largest absolute Gasteiger partial charge is 0.481 e. The zero-order valence-corrected chi connectivity index (χ0v) is 11.5. The molecule has 0 aromatic rings. The summed E-state index contributed by atoms with van der Waals surface area (Å²) in [6, 6.07) is 0. The molecule has 3 heteroatoms. The Balaban J connectivity index is 1.86. The van der Waals surface area contributed by atoms with Crippen molar-refractivity contribution in [3.05, 3.63) is 0 Å². The van der Waals surface area contributed by atoms with Gasteiger partial charge in [0.25, 0.3) is 0 Å². The summed E-state index contributed by atoms with van der Waals surface area (Å²) in [6.45, 7) is 2.17. The first kappa shape index (κ1) is 12.5. The van der Waals surface area contributed by atoms with Gasteiger partial charge in [0.15, 0.2) is 0 Å². The van der Waals surface area contributed by atoms with E-state index < -0.39 is 5.97 Å². The molecule has 4 fully saturated rings. The van der Waals surface area contributed by atoms with Crippen molar-refractivity contribution in [3.63, 3.8) is 0 Å². The van der Waals surface area contributed by atoms with E-state index in [9.17, 15) is 4.79 Å². The normalized spacial score (nSPS) is 47.2. The molecule has 0 aliphatic heterocycles. The third kappa shape index (κ3) is 1.78. The first-order chi connectivity index (χ1) is 8.47. The van der Waals surface area contributed by atoms with Crippen molar-refractivity contribution >= 4 is 5.97 Å². The Labute approximate surface area is 109 Å². The zero-order valence-electron chi connectivity index (χ0n) is 11.5. The molecule has 0 amide bonds. The van der Waals surface area contributed by atoms with E-state index in [-0.39, 0.29) is 0 Å². The minimum atomic E-state index is -0.628. The van der Waals surface area contributed by atoms with Crippen molar-refractivity contribution in [1.29, 1.82) is 0 Å². The fourth-order valence-electron chi connectivity index (χ4n) is 5.68. The molecule has 102 valence electrons. The van der Waals surface area contributed by atoms with Crippen LogP contribution in [0.25, 0.3) is 0 Å². The Kier molecular flexibility index (Phi) is 2.74. The topological polar surface area (TPSA) is 49.3 Å². The average molecular weight is 251 g/mol. The number of aliphatic carboxylic acids is 1. The van der Waals surface area contributed by atoms with Gasteiger partial charge in [-0.2, -0.15) is 0 Å². The fraction of sp³-hybridized carbons (Fsp3) is 0.933. The maximum Gasteiger partial charge on any atom is 0.303 e. The van der Waals surface area contributed by atoms with Gasteiger partial charge in [0, 0.05) is 12.0 Å². The van der Waals surface area contributed by atoms with Crippen molar-refractivity contribution in [2.45, 2.75) is 57.4 Å². The highest BCUT2D eigenvalue weighted by atomic mass is 16.4. The molecule has 3 unspecified atom stereocenters. The van der Waals surface area contributed by atoms with E-state index in [1.807, 2.05) is 0 Å². The highest BCUT2D eigenvalue weighted by Gasteiger charge is 2.58. The molecule has 0 aromatic heterocycles. The van der Waals surface area contributed by atoms with Gasteiger partial charge >= 0.3 is 5.97 Å². The van der Waals surface area contributed by atoms with Crippen molar-refractivity contribution in [1.82, 2.24) is 5.32 Å². The van der Waals surface area contributed by atoms with Crippen molar-refractivity contribution < 1.29 is 9.90 Å². The van der Waals surface area contributed by atoms with E-state index in [2.05, 4.69) is 19.3 Å². The van der Waals surface area contributed by atoms with E-state index >= 15 is 0 Å². The Bertz CT molecular complexity index is 352. The summed E-state index contributed by atoms with van der Waals surface area (Å²) in [5, 5.41) is 12.7. The molecule has 4 rings (SSSR count). The van der Waals surface area contributed by atoms with Crippen molar-refractivity contribution in [2.24, 2.45) is 23.2 Å². The second-order valence-electron chi connectivity index (χ2n) is 7.35. The summed E-state index contributed by atoms with van der Waals surface area (Å²) in [5.41, 5.74) is 0.641. The van der Waals surface area contributed by atoms with Crippen LogP contribution in [0.15, 0.2) is 0 Å². The van der Waals surface area contributed by atoms with Gasteiger partial charge in [-0.25, -0.2) is 0 Å². The lowest BCUT2D eigenvalue weighted by atomic mass is 9.44. The second-order valence-corrected chi connectivity index (χ2v) is 7.35. The predicted molar refractivity (Wildman–Crippen MR) is 70.3 cm³/mol. The maximum absolute atomic E-state index is 11.0. The van der Waals surface area contributed by atoms with Gasteiger partial charge in [-0.15, -0.1) is 0 Å². The molecule has 3 atom stereocenters. The van der Waals surface area contributed by atoms with Crippen LogP contribution in [0.5, 0.6) is 0 Å². The lowest BCUT2D eigenvalue weighted by molar-refractivity contribution is -0.144. The quantitative estimate of drug-likeness (QED) is 0.807. The fourth-order valence-corrected chi connectivity index (χ4v) is 5.68. The summed E-state index contributed by atoms with van der Waals surface area (Å²) >= 11 is 0. The number of carbonyl (C=O) groups is 1. The molecule has 3 nitrogen and oxygen atoms in total. The van der Waals surface area contributed by atoms with Crippen LogP contribution in [0.2, 0.25) is 0 Å². The summed E-state index contributed by atoms with van der Waals surface area (Å²) in [7, 11) is 2.10.